The Morgan fingerprint density at radius 2 is 1.75 bits per heavy atom. The van der Waals surface area contributed by atoms with Gasteiger partial charge in [0.1, 0.15) is 11.3 Å². The summed E-state index contributed by atoms with van der Waals surface area (Å²) < 4.78 is 10.0. The van der Waals surface area contributed by atoms with Crippen molar-refractivity contribution in [2.24, 2.45) is 0 Å². The first-order chi connectivity index (χ1) is 9.56. The van der Waals surface area contributed by atoms with Gasteiger partial charge in [-0.2, -0.15) is 0 Å². The van der Waals surface area contributed by atoms with Gasteiger partial charge < -0.3 is 9.47 Å². The molecule has 3 heteroatoms. The van der Waals surface area contributed by atoms with Crippen LogP contribution in [-0.2, 0) is 4.74 Å². The van der Waals surface area contributed by atoms with Crippen LogP contribution in [0.1, 0.15) is 21.5 Å². The van der Waals surface area contributed by atoms with Gasteiger partial charge in [-0.3, -0.25) is 0 Å². The van der Waals surface area contributed by atoms with E-state index in [9.17, 15) is 4.79 Å². The molecule has 0 bridgehead atoms. The summed E-state index contributed by atoms with van der Waals surface area (Å²) in [5.74, 6) is 0.128. The Morgan fingerprint density at radius 3 is 2.35 bits per heavy atom. The fourth-order valence-corrected chi connectivity index (χ4v) is 2.27. The first kappa shape index (κ1) is 14.1. The number of ether oxygens (including phenoxy) is 2. The molecule has 0 spiro atoms. The quantitative estimate of drug-likeness (QED) is 0.796. The van der Waals surface area contributed by atoms with Gasteiger partial charge >= 0.3 is 5.97 Å². The summed E-state index contributed by atoms with van der Waals surface area (Å²) in [5, 5.41) is 0. The highest BCUT2D eigenvalue weighted by Gasteiger charge is 2.14. The zero-order valence-corrected chi connectivity index (χ0v) is 12.2. The van der Waals surface area contributed by atoms with E-state index in [4.69, 9.17) is 9.47 Å². The Bertz CT molecular complexity index is 645. The fourth-order valence-electron chi connectivity index (χ4n) is 2.27. The standard InChI is InChI=1S/C17H18O3/c1-11-5-7-14(12(2)9-11)13-6-8-15(17(18)20-4)16(10-13)19-3/h5-10H,1-4H3. The van der Waals surface area contributed by atoms with Crippen LogP contribution < -0.4 is 4.74 Å². The number of hydrogen-bond acceptors (Lipinski definition) is 3. The minimum absolute atomic E-state index is 0.394. The molecule has 0 atom stereocenters. The zero-order valence-electron chi connectivity index (χ0n) is 12.2. The van der Waals surface area contributed by atoms with Crippen LogP contribution in [0.4, 0.5) is 0 Å². The zero-order chi connectivity index (χ0) is 14.7. The van der Waals surface area contributed by atoms with Crippen molar-refractivity contribution in [3.05, 3.63) is 53.1 Å². The summed E-state index contributed by atoms with van der Waals surface area (Å²) in [5.41, 5.74) is 5.00. The highest BCUT2D eigenvalue weighted by atomic mass is 16.5. The number of carbonyl (C=O) groups is 1. The molecular weight excluding hydrogens is 252 g/mol. The molecule has 3 nitrogen and oxygen atoms in total. The second-order valence-corrected chi connectivity index (χ2v) is 4.73. The van der Waals surface area contributed by atoms with Crippen LogP contribution in [-0.4, -0.2) is 20.2 Å². The minimum Gasteiger partial charge on any atom is -0.496 e. The lowest BCUT2D eigenvalue weighted by atomic mass is 9.97. The summed E-state index contributed by atoms with van der Waals surface area (Å²) in [6.07, 6.45) is 0. The maximum Gasteiger partial charge on any atom is 0.341 e. The fraction of sp³-hybridized carbons (Fsp3) is 0.235. The number of benzene rings is 2. The number of rotatable bonds is 3. The summed E-state index contributed by atoms with van der Waals surface area (Å²) in [7, 11) is 2.91. The topological polar surface area (TPSA) is 35.5 Å². The predicted molar refractivity (Wildman–Crippen MR) is 79.2 cm³/mol. The Morgan fingerprint density at radius 1 is 1.00 bits per heavy atom. The summed E-state index contributed by atoms with van der Waals surface area (Å²) in [4.78, 5) is 11.7. The molecule has 0 aromatic heterocycles. The number of methoxy groups -OCH3 is 2. The van der Waals surface area contributed by atoms with Crippen LogP contribution in [0.2, 0.25) is 0 Å². The third-order valence-corrected chi connectivity index (χ3v) is 3.30. The summed E-state index contributed by atoms with van der Waals surface area (Å²) in [6, 6.07) is 11.8. The summed E-state index contributed by atoms with van der Waals surface area (Å²) >= 11 is 0. The van der Waals surface area contributed by atoms with Crippen LogP contribution in [0.3, 0.4) is 0 Å². The van der Waals surface area contributed by atoms with Crippen molar-refractivity contribution in [3.63, 3.8) is 0 Å². The SMILES string of the molecule is COC(=O)c1ccc(-c2ccc(C)cc2C)cc1OC. The highest BCUT2D eigenvalue weighted by molar-refractivity contribution is 5.93. The van der Waals surface area contributed by atoms with Gasteiger partial charge in [0.2, 0.25) is 0 Å². The van der Waals surface area contributed by atoms with Crippen molar-refractivity contribution in [1.29, 1.82) is 0 Å². The van der Waals surface area contributed by atoms with Crippen LogP contribution >= 0.6 is 0 Å². The van der Waals surface area contributed by atoms with Crippen LogP contribution in [0.25, 0.3) is 11.1 Å². The lowest BCUT2D eigenvalue weighted by Gasteiger charge is -2.11. The normalized spacial score (nSPS) is 10.2. The van der Waals surface area contributed by atoms with E-state index in [1.807, 2.05) is 12.1 Å². The van der Waals surface area contributed by atoms with E-state index in [1.165, 1.54) is 18.2 Å². The molecule has 104 valence electrons. The third-order valence-electron chi connectivity index (χ3n) is 3.30. The second-order valence-electron chi connectivity index (χ2n) is 4.73. The monoisotopic (exact) mass is 270 g/mol. The van der Waals surface area contributed by atoms with Crippen molar-refractivity contribution in [1.82, 2.24) is 0 Å². The Balaban J connectivity index is 2.51. The third kappa shape index (κ3) is 2.67. The molecule has 2 rings (SSSR count). The van der Waals surface area contributed by atoms with E-state index >= 15 is 0 Å². The molecule has 0 fully saturated rings. The van der Waals surface area contributed by atoms with Crippen molar-refractivity contribution < 1.29 is 14.3 Å². The van der Waals surface area contributed by atoms with Gasteiger partial charge in [0.05, 0.1) is 14.2 Å². The molecule has 0 N–H and O–H groups in total. The van der Waals surface area contributed by atoms with Crippen molar-refractivity contribution in [2.75, 3.05) is 14.2 Å². The number of aryl methyl sites for hydroxylation is 2. The molecule has 0 unspecified atom stereocenters. The van der Waals surface area contributed by atoms with Gasteiger partial charge in [0.15, 0.2) is 0 Å². The van der Waals surface area contributed by atoms with Crippen molar-refractivity contribution >= 4 is 5.97 Å². The van der Waals surface area contributed by atoms with E-state index in [2.05, 4.69) is 32.0 Å². The number of carbonyl (C=O) groups excluding carboxylic acids is 1. The lowest BCUT2D eigenvalue weighted by molar-refractivity contribution is 0.0597. The van der Waals surface area contributed by atoms with E-state index in [0.717, 1.165) is 11.1 Å². The van der Waals surface area contributed by atoms with Crippen molar-refractivity contribution in [3.8, 4) is 16.9 Å². The molecule has 0 aliphatic heterocycles. The Kier molecular flexibility index (Phi) is 4.08. The van der Waals surface area contributed by atoms with Gasteiger partial charge in [-0.15, -0.1) is 0 Å². The maximum absolute atomic E-state index is 11.7. The van der Waals surface area contributed by atoms with Crippen LogP contribution in [0.5, 0.6) is 5.75 Å². The molecule has 0 aliphatic rings. The molecule has 0 heterocycles. The highest BCUT2D eigenvalue weighted by Crippen LogP contribution is 2.30. The van der Waals surface area contributed by atoms with Crippen LogP contribution in [0, 0.1) is 13.8 Å². The number of hydrogen-bond donors (Lipinski definition) is 0. The molecule has 0 saturated heterocycles. The minimum atomic E-state index is -0.394. The van der Waals surface area contributed by atoms with E-state index in [1.54, 1.807) is 13.2 Å². The Labute approximate surface area is 119 Å². The largest absolute Gasteiger partial charge is 0.496 e. The number of esters is 1. The second kappa shape index (κ2) is 5.78. The van der Waals surface area contributed by atoms with E-state index < -0.39 is 5.97 Å². The van der Waals surface area contributed by atoms with Crippen LogP contribution in [0.15, 0.2) is 36.4 Å². The van der Waals surface area contributed by atoms with Gasteiger partial charge in [0, 0.05) is 0 Å². The molecule has 2 aromatic carbocycles. The molecule has 2 aromatic rings. The molecule has 0 saturated carbocycles. The van der Waals surface area contributed by atoms with Gasteiger partial charge in [-0.05, 0) is 42.7 Å². The molecule has 20 heavy (non-hydrogen) atoms. The smallest absolute Gasteiger partial charge is 0.341 e. The molecule has 0 radical (unpaired) electrons. The van der Waals surface area contributed by atoms with Gasteiger partial charge in [-0.25, -0.2) is 4.79 Å². The summed E-state index contributed by atoms with van der Waals surface area (Å²) in [6.45, 7) is 4.14. The Hall–Kier alpha value is -2.29. The van der Waals surface area contributed by atoms with Crippen molar-refractivity contribution in [2.45, 2.75) is 13.8 Å². The van der Waals surface area contributed by atoms with E-state index in [0.29, 0.717) is 11.3 Å². The molecule has 0 aliphatic carbocycles. The van der Waals surface area contributed by atoms with Gasteiger partial charge in [-0.1, -0.05) is 29.8 Å². The average molecular weight is 270 g/mol. The van der Waals surface area contributed by atoms with E-state index in [-0.39, 0.29) is 0 Å². The van der Waals surface area contributed by atoms with Gasteiger partial charge in [0.25, 0.3) is 0 Å². The first-order valence-electron chi connectivity index (χ1n) is 6.40. The molecular formula is C17H18O3. The predicted octanol–water partition coefficient (Wildman–Crippen LogP) is 3.77. The maximum atomic E-state index is 11.7. The first-order valence-corrected chi connectivity index (χ1v) is 6.40. The molecule has 0 amide bonds. The average Bonchev–Trinajstić information content (AvgIpc) is 2.46. The lowest BCUT2D eigenvalue weighted by Crippen LogP contribution is -2.04.